The average Bonchev–Trinajstić information content (AvgIpc) is 2.95. The second-order valence-electron chi connectivity index (χ2n) is 9.71. The fraction of sp³-hybridized carbons (Fsp3) is 0.375. The SMILES string of the molecule is CC[C@H](Cc1ccccc1)[C@@H](Oc1ccccc1)[C@H](C)OC(=O)[C@H](C)CC(=O)c1nccc(OC)c1OC(C)=O. The van der Waals surface area contributed by atoms with Gasteiger partial charge in [0, 0.05) is 31.5 Å². The quantitative estimate of drug-likeness (QED) is 0.182. The first kappa shape index (κ1) is 30.3. The van der Waals surface area contributed by atoms with Crippen LogP contribution in [0.2, 0.25) is 0 Å². The molecule has 0 aliphatic heterocycles. The number of Topliss-reactive ketones (excluding diaryl/α,β-unsaturated/α-hetero) is 1. The van der Waals surface area contributed by atoms with Crippen LogP contribution in [0.4, 0.5) is 0 Å². The standard InChI is InChI=1S/C32H37NO7/c1-6-25(20-24-13-9-7-10-14-24)30(40-26-15-11-8-12-16-26)22(3)38-32(36)21(2)19-27(35)29-31(39-23(4)34)28(37-5)17-18-33-29/h7-18,21-22,25,30H,6,19-20H2,1-5H3/t21-,22+,25-,30+/m1/s1. The summed E-state index contributed by atoms with van der Waals surface area (Å²) in [5.74, 6) is -1.52. The van der Waals surface area contributed by atoms with Crippen LogP contribution in [0.5, 0.6) is 17.2 Å². The van der Waals surface area contributed by atoms with Gasteiger partial charge in [0.15, 0.2) is 17.2 Å². The Labute approximate surface area is 235 Å². The predicted molar refractivity (Wildman–Crippen MR) is 151 cm³/mol. The lowest BCUT2D eigenvalue weighted by Crippen LogP contribution is -2.41. The van der Waals surface area contributed by atoms with Crippen molar-refractivity contribution in [3.63, 3.8) is 0 Å². The normalized spacial score (nSPS) is 13.8. The Hall–Kier alpha value is -4.20. The van der Waals surface area contributed by atoms with E-state index in [0.717, 1.165) is 12.8 Å². The first-order chi connectivity index (χ1) is 19.2. The van der Waals surface area contributed by atoms with E-state index in [1.807, 2.05) is 55.5 Å². The topological polar surface area (TPSA) is 101 Å². The Bertz CT molecular complexity index is 1260. The van der Waals surface area contributed by atoms with E-state index in [-0.39, 0.29) is 29.5 Å². The summed E-state index contributed by atoms with van der Waals surface area (Å²) in [6.45, 7) is 6.74. The van der Waals surface area contributed by atoms with E-state index in [0.29, 0.717) is 5.75 Å². The average molecular weight is 548 g/mol. The monoisotopic (exact) mass is 547 g/mol. The summed E-state index contributed by atoms with van der Waals surface area (Å²) < 4.78 is 22.7. The maximum atomic E-state index is 13.2. The minimum absolute atomic E-state index is 0.0645. The van der Waals surface area contributed by atoms with Crippen molar-refractivity contribution in [2.75, 3.05) is 7.11 Å². The van der Waals surface area contributed by atoms with Crippen LogP contribution in [-0.4, -0.2) is 42.0 Å². The lowest BCUT2D eigenvalue weighted by Gasteiger charge is -2.32. The fourth-order valence-electron chi connectivity index (χ4n) is 4.50. The number of ketones is 1. The van der Waals surface area contributed by atoms with Gasteiger partial charge < -0.3 is 18.9 Å². The van der Waals surface area contributed by atoms with Crippen LogP contribution < -0.4 is 14.2 Å². The molecule has 0 N–H and O–H groups in total. The Morgan fingerprint density at radius 2 is 1.57 bits per heavy atom. The highest BCUT2D eigenvalue weighted by molar-refractivity contribution is 5.99. The number of aromatic nitrogens is 1. The number of rotatable bonds is 14. The summed E-state index contributed by atoms with van der Waals surface area (Å²) in [6, 6.07) is 21.1. The first-order valence-electron chi connectivity index (χ1n) is 13.4. The molecule has 2 aromatic carbocycles. The zero-order chi connectivity index (χ0) is 29.1. The number of hydrogen-bond acceptors (Lipinski definition) is 8. The van der Waals surface area contributed by atoms with E-state index in [1.54, 1.807) is 6.92 Å². The number of pyridine rings is 1. The Balaban J connectivity index is 1.75. The number of para-hydroxylation sites is 1. The minimum Gasteiger partial charge on any atom is -0.493 e. The third-order valence-electron chi connectivity index (χ3n) is 6.60. The molecule has 0 spiro atoms. The lowest BCUT2D eigenvalue weighted by atomic mass is 9.89. The van der Waals surface area contributed by atoms with Crippen molar-refractivity contribution >= 4 is 17.7 Å². The Morgan fingerprint density at radius 1 is 0.925 bits per heavy atom. The zero-order valence-electron chi connectivity index (χ0n) is 23.7. The molecule has 0 saturated carbocycles. The van der Waals surface area contributed by atoms with Crippen molar-refractivity contribution in [1.82, 2.24) is 4.98 Å². The van der Waals surface area contributed by atoms with Crippen LogP contribution in [0.25, 0.3) is 0 Å². The molecule has 0 unspecified atom stereocenters. The van der Waals surface area contributed by atoms with E-state index in [2.05, 4.69) is 24.0 Å². The maximum absolute atomic E-state index is 13.2. The molecule has 212 valence electrons. The molecule has 8 nitrogen and oxygen atoms in total. The number of hydrogen-bond donors (Lipinski definition) is 0. The maximum Gasteiger partial charge on any atom is 0.309 e. The summed E-state index contributed by atoms with van der Waals surface area (Å²) >= 11 is 0. The van der Waals surface area contributed by atoms with Gasteiger partial charge in [0.05, 0.1) is 13.0 Å². The molecule has 0 amide bonds. The number of benzene rings is 2. The zero-order valence-corrected chi connectivity index (χ0v) is 23.7. The van der Waals surface area contributed by atoms with Crippen molar-refractivity contribution in [2.24, 2.45) is 11.8 Å². The third kappa shape index (κ3) is 8.40. The van der Waals surface area contributed by atoms with E-state index >= 15 is 0 Å². The van der Waals surface area contributed by atoms with Crippen LogP contribution >= 0.6 is 0 Å². The molecule has 1 aromatic heterocycles. The molecule has 0 aliphatic rings. The summed E-state index contributed by atoms with van der Waals surface area (Å²) in [5.41, 5.74) is 1.09. The molecule has 0 radical (unpaired) electrons. The van der Waals surface area contributed by atoms with Crippen molar-refractivity contribution < 1.29 is 33.3 Å². The third-order valence-corrected chi connectivity index (χ3v) is 6.60. The van der Waals surface area contributed by atoms with Crippen molar-refractivity contribution in [3.05, 3.63) is 84.2 Å². The van der Waals surface area contributed by atoms with Gasteiger partial charge in [-0.15, -0.1) is 0 Å². The second kappa shape index (κ2) is 14.8. The molecule has 0 saturated heterocycles. The number of nitrogens with zero attached hydrogens (tertiary/aromatic N) is 1. The fourth-order valence-corrected chi connectivity index (χ4v) is 4.50. The van der Waals surface area contributed by atoms with Crippen LogP contribution in [0.1, 0.15) is 56.6 Å². The van der Waals surface area contributed by atoms with Crippen molar-refractivity contribution in [3.8, 4) is 17.2 Å². The molecule has 40 heavy (non-hydrogen) atoms. The summed E-state index contributed by atoms with van der Waals surface area (Å²) in [6.07, 6.45) is 1.74. The summed E-state index contributed by atoms with van der Waals surface area (Å²) in [4.78, 5) is 42.0. The highest BCUT2D eigenvalue weighted by Crippen LogP contribution is 2.31. The van der Waals surface area contributed by atoms with Crippen molar-refractivity contribution in [2.45, 2.75) is 59.2 Å². The highest BCUT2D eigenvalue weighted by atomic mass is 16.6. The first-order valence-corrected chi connectivity index (χ1v) is 13.4. The van der Waals surface area contributed by atoms with Gasteiger partial charge in [-0.1, -0.05) is 62.4 Å². The van der Waals surface area contributed by atoms with Gasteiger partial charge in [-0.05, 0) is 37.5 Å². The largest absolute Gasteiger partial charge is 0.493 e. The summed E-state index contributed by atoms with van der Waals surface area (Å²) in [7, 11) is 1.40. The molecule has 4 atom stereocenters. The number of methoxy groups -OCH3 is 1. The van der Waals surface area contributed by atoms with Gasteiger partial charge in [-0.3, -0.25) is 14.4 Å². The van der Waals surface area contributed by atoms with Crippen LogP contribution in [-0.2, 0) is 20.7 Å². The van der Waals surface area contributed by atoms with E-state index in [1.165, 1.54) is 31.9 Å². The second-order valence-corrected chi connectivity index (χ2v) is 9.71. The van der Waals surface area contributed by atoms with Crippen LogP contribution in [0, 0.1) is 11.8 Å². The van der Waals surface area contributed by atoms with Gasteiger partial charge in [0.2, 0.25) is 5.75 Å². The molecule has 0 bridgehead atoms. The molecule has 8 heteroatoms. The number of ether oxygens (including phenoxy) is 4. The number of carbonyl (C=O) groups excluding carboxylic acids is 3. The number of esters is 2. The molecule has 3 rings (SSSR count). The highest BCUT2D eigenvalue weighted by Gasteiger charge is 2.33. The molecular formula is C32H37NO7. The Morgan fingerprint density at radius 3 is 2.17 bits per heavy atom. The van der Waals surface area contributed by atoms with E-state index in [4.69, 9.17) is 18.9 Å². The Kier molecular flexibility index (Phi) is 11.2. The minimum atomic E-state index is -0.778. The van der Waals surface area contributed by atoms with Gasteiger partial charge in [-0.2, -0.15) is 0 Å². The van der Waals surface area contributed by atoms with Crippen LogP contribution in [0.15, 0.2) is 72.9 Å². The molecule has 3 aromatic rings. The molecule has 1 heterocycles. The van der Waals surface area contributed by atoms with E-state index in [9.17, 15) is 14.4 Å². The van der Waals surface area contributed by atoms with Gasteiger partial charge >= 0.3 is 11.9 Å². The smallest absolute Gasteiger partial charge is 0.309 e. The molecule has 0 aliphatic carbocycles. The number of carbonyl (C=O) groups is 3. The lowest BCUT2D eigenvalue weighted by molar-refractivity contribution is -0.158. The predicted octanol–water partition coefficient (Wildman–Crippen LogP) is 5.87. The van der Waals surface area contributed by atoms with Crippen molar-refractivity contribution in [1.29, 1.82) is 0 Å². The van der Waals surface area contributed by atoms with Gasteiger partial charge in [0.1, 0.15) is 18.0 Å². The molecular weight excluding hydrogens is 510 g/mol. The summed E-state index contributed by atoms with van der Waals surface area (Å²) in [5, 5.41) is 0. The van der Waals surface area contributed by atoms with E-state index < -0.39 is 35.8 Å². The van der Waals surface area contributed by atoms with Gasteiger partial charge in [0.25, 0.3) is 0 Å². The molecule has 0 fully saturated rings. The van der Waals surface area contributed by atoms with Crippen LogP contribution in [0.3, 0.4) is 0 Å². The van der Waals surface area contributed by atoms with Gasteiger partial charge in [-0.25, -0.2) is 4.98 Å².